The molecular formula is C30H29F3N6O2S. The van der Waals surface area contributed by atoms with E-state index < -0.39 is 6.36 Å². The summed E-state index contributed by atoms with van der Waals surface area (Å²) < 4.78 is 42.9. The summed E-state index contributed by atoms with van der Waals surface area (Å²) in [6, 6.07) is 20.5. The number of amides is 1. The predicted molar refractivity (Wildman–Crippen MR) is 160 cm³/mol. The Labute approximate surface area is 246 Å². The number of hydrogen-bond donors (Lipinski definition) is 2. The minimum atomic E-state index is -4.80. The van der Waals surface area contributed by atoms with Crippen LogP contribution in [0.3, 0.4) is 0 Å². The Kier molecular flexibility index (Phi) is 9.68. The van der Waals surface area contributed by atoms with Crippen LogP contribution in [0.15, 0.2) is 77.9 Å². The molecule has 0 bridgehead atoms. The fourth-order valence-corrected chi connectivity index (χ4v) is 4.27. The maximum absolute atomic E-state index is 12.5. The van der Waals surface area contributed by atoms with Crippen molar-refractivity contribution in [3.05, 3.63) is 89.5 Å². The van der Waals surface area contributed by atoms with E-state index in [1.807, 2.05) is 24.3 Å². The van der Waals surface area contributed by atoms with Crippen LogP contribution in [0, 0.1) is 0 Å². The van der Waals surface area contributed by atoms with Gasteiger partial charge in [-0.15, -0.1) is 18.3 Å². The summed E-state index contributed by atoms with van der Waals surface area (Å²) >= 11 is 5.48. The molecule has 218 valence electrons. The zero-order valence-electron chi connectivity index (χ0n) is 23.1. The molecule has 1 heterocycles. The van der Waals surface area contributed by atoms with Crippen LogP contribution < -0.4 is 15.5 Å². The number of alkyl halides is 3. The number of anilines is 1. The van der Waals surface area contributed by atoms with Crippen LogP contribution in [0.1, 0.15) is 49.8 Å². The van der Waals surface area contributed by atoms with E-state index >= 15 is 0 Å². The van der Waals surface area contributed by atoms with E-state index in [4.69, 9.17) is 12.2 Å². The zero-order valence-corrected chi connectivity index (χ0v) is 24.0. The minimum Gasteiger partial charge on any atom is -0.406 e. The van der Waals surface area contributed by atoms with Crippen molar-refractivity contribution < 1.29 is 22.7 Å². The lowest BCUT2D eigenvalue weighted by molar-refractivity contribution is -0.274. The monoisotopic (exact) mass is 594 g/mol. The highest BCUT2D eigenvalue weighted by Crippen LogP contribution is 2.26. The number of aromatic nitrogens is 3. The molecule has 0 saturated heterocycles. The molecule has 0 aliphatic heterocycles. The first-order valence-electron chi connectivity index (χ1n) is 13.2. The maximum Gasteiger partial charge on any atom is 0.573 e. The SMILES string of the molecule is CCC(=O)Nc1nc(-c2ccc(C=NNC(=S)Cc3ccccc3C(C)C)cc2)nn1-c1ccc(OC(F)(F)F)cc1. The predicted octanol–water partition coefficient (Wildman–Crippen LogP) is 6.80. The van der Waals surface area contributed by atoms with Crippen molar-refractivity contribution in [2.24, 2.45) is 5.10 Å². The van der Waals surface area contributed by atoms with Gasteiger partial charge in [-0.2, -0.15) is 14.8 Å². The van der Waals surface area contributed by atoms with E-state index in [1.54, 1.807) is 25.3 Å². The molecule has 0 atom stereocenters. The van der Waals surface area contributed by atoms with Gasteiger partial charge in [-0.3, -0.25) is 15.5 Å². The van der Waals surface area contributed by atoms with Gasteiger partial charge in [0.15, 0.2) is 5.82 Å². The van der Waals surface area contributed by atoms with Gasteiger partial charge in [-0.25, -0.2) is 0 Å². The van der Waals surface area contributed by atoms with Gasteiger partial charge < -0.3 is 4.74 Å². The molecule has 0 radical (unpaired) electrons. The molecule has 3 aromatic carbocycles. The van der Waals surface area contributed by atoms with Crippen molar-refractivity contribution in [1.29, 1.82) is 0 Å². The van der Waals surface area contributed by atoms with Crippen LogP contribution >= 0.6 is 12.2 Å². The van der Waals surface area contributed by atoms with Gasteiger partial charge >= 0.3 is 6.36 Å². The average molecular weight is 595 g/mol. The molecule has 8 nitrogen and oxygen atoms in total. The van der Waals surface area contributed by atoms with Crippen molar-refractivity contribution in [1.82, 2.24) is 20.2 Å². The summed E-state index contributed by atoms with van der Waals surface area (Å²) in [6.45, 7) is 5.98. The highest BCUT2D eigenvalue weighted by Gasteiger charge is 2.31. The Morgan fingerprint density at radius 3 is 2.40 bits per heavy atom. The molecule has 0 aliphatic rings. The van der Waals surface area contributed by atoms with Crippen molar-refractivity contribution in [2.75, 3.05) is 5.32 Å². The average Bonchev–Trinajstić information content (AvgIpc) is 3.36. The summed E-state index contributed by atoms with van der Waals surface area (Å²) in [4.78, 5) is 17.1. The van der Waals surface area contributed by atoms with Crippen LogP contribution in [0.4, 0.5) is 19.1 Å². The number of carbonyl (C=O) groups is 1. The molecule has 0 fully saturated rings. The fourth-order valence-electron chi connectivity index (χ4n) is 4.07. The number of hydrogen-bond acceptors (Lipinski definition) is 6. The van der Waals surface area contributed by atoms with Crippen molar-refractivity contribution in [3.63, 3.8) is 0 Å². The van der Waals surface area contributed by atoms with E-state index in [1.165, 1.54) is 22.4 Å². The van der Waals surface area contributed by atoms with E-state index in [2.05, 4.69) is 56.6 Å². The van der Waals surface area contributed by atoms with Gasteiger partial charge in [0.1, 0.15) is 10.7 Å². The van der Waals surface area contributed by atoms with Crippen LogP contribution in [-0.4, -0.2) is 38.2 Å². The summed E-state index contributed by atoms with van der Waals surface area (Å²) in [5.74, 6) is 0.159. The molecule has 4 rings (SSSR count). The molecule has 1 aromatic heterocycles. The minimum absolute atomic E-state index is 0.128. The standard InChI is InChI=1S/C30H29F3N6O2S/c1-4-26(40)35-29-36-28(38-39(29)23-13-15-24(16-14-23)41-30(31,32)33)21-11-9-20(10-12-21)18-34-37-27(42)17-22-7-5-6-8-25(22)19(2)3/h5-16,18-19H,4,17H2,1-3H3,(H,37,42)(H,35,36,38,40). The highest BCUT2D eigenvalue weighted by atomic mass is 32.1. The zero-order chi connectivity index (χ0) is 30.3. The second-order valence-corrected chi connectivity index (χ2v) is 10.1. The molecule has 0 aliphatic carbocycles. The Morgan fingerprint density at radius 2 is 1.76 bits per heavy atom. The molecule has 0 unspecified atom stereocenters. The van der Waals surface area contributed by atoms with Gasteiger partial charge in [0.05, 0.1) is 11.9 Å². The Bertz CT molecular complexity index is 1570. The fraction of sp³-hybridized carbons (Fsp3) is 0.233. The lowest BCUT2D eigenvalue weighted by atomic mass is 9.95. The molecule has 42 heavy (non-hydrogen) atoms. The number of ether oxygens (including phenoxy) is 1. The van der Waals surface area contributed by atoms with Gasteiger partial charge in [-0.1, -0.05) is 81.5 Å². The van der Waals surface area contributed by atoms with Crippen molar-refractivity contribution in [2.45, 2.75) is 45.9 Å². The molecule has 0 saturated carbocycles. The van der Waals surface area contributed by atoms with Crippen LogP contribution in [0.2, 0.25) is 0 Å². The number of carbonyl (C=O) groups excluding carboxylic acids is 1. The summed E-state index contributed by atoms with van der Waals surface area (Å²) in [6.07, 6.45) is -2.37. The normalized spacial score (nSPS) is 11.6. The lowest BCUT2D eigenvalue weighted by Crippen LogP contribution is -2.18. The molecule has 4 aromatic rings. The number of nitrogens with zero attached hydrogens (tertiary/aromatic N) is 4. The Hall–Kier alpha value is -4.58. The number of nitrogens with one attached hydrogen (secondary N) is 2. The quantitative estimate of drug-likeness (QED) is 0.119. The Morgan fingerprint density at radius 1 is 1.07 bits per heavy atom. The third-order valence-electron chi connectivity index (χ3n) is 6.09. The number of thiocarbonyl (C=S) groups is 1. The van der Waals surface area contributed by atoms with E-state index in [0.717, 1.165) is 23.3 Å². The molecule has 0 spiro atoms. The van der Waals surface area contributed by atoms with Crippen molar-refractivity contribution >= 4 is 35.3 Å². The van der Waals surface area contributed by atoms with Gasteiger partial charge in [0.25, 0.3) is 0 Å². The van der Waals surface area contributed by atoms with Crippen molar-refractivity contribution in [3.8, 4) is 22.8 Å². The first kappa shape index (κ1) is 30.4. The molecule has 12 heteroatoms. The van der Waals surface area contributed by atoms with E-state index in [-0.39, 0.29) is 24.0 Å². The second kappa shape index (κ2) is 13.4. The van der Waals surface area contributed by atoms with Crippen LogP contribution in [0.5, 0.6) is 5.75 Å². The number of hydrazone groups is 1. The topological polar surface area (TPSA) is 93.4 Å². The number of rotatable bonds is 10. The maximum atomic E-state index is 12.5. The third-order valence-corrected chi connectivity index (χ3v) is 6.33. The molecule has 2 N–H and O–H groups in total. The van der Waals surface area contributed by atoms with E-state index in [9.17, 15) is 18.0 Å². The van der Waals surface area contributed by atoms with Gasteiger partial charge in [0, 0.05) is 18.4 Å². The summed E-state index contributed by atoms with van der Waals surface area (Å²) in [5.41, 5.74) is 7.18. The largest absolute Gasteiger partial charge is 0.573 e. The number of halogens is 3. The summed E-state index contributed by atoms with van der Waals surface area (Å²) in [7, 11) is 0. The second-order valence-electron chi connectivity index (χ2n) is 9.56. The first-order chi connectivity index (χ1) is 20.0. The molecular weight excluding hydrogens is 565 g/mol. The molecule has 1 amide bonds. The summed E-state index contributed by atoms with van der Waals surface area (Å²) in [5, 5.41) is 11.4. The van der Waals surface area contributed by atoms with Crippen LogP contribution in [-0.2, 0) is 11.2 Å². The third kappa shape index (κ3) is 8.23. The van der Waals surface area contributed by atoms with Gasteiger partial charge in [-0.05, 0) is 46.9 Å². The van der Waals surface area contributed by atoms with Crippen LogP contribution in [0.25, 0.3) is 17.1 Å². The highest BCUT2D eigenvalue weighted by molar-refractivity contribution is 7.80. The number of benzene rings is 3. The van der Waals surface area contributed by atoms with E-state index in [0.29, 0.717) is 34.4 Å². The first-order valence-corrected chi connectivity index (χ1v) is 13.6. The lowest BCUT2D eigenvalue weighted by Gasteiger charge is -2.12. The Balaban J connectivity index is 1.47. The smallest absolute Gasteiger partial charge is 0.406 e. The van der Waals surface area contributed by atoms with Gasteiger partial charge in [0.2, 0.25) is 11.9 Å².